The molecule has 0 bridgehead atoms. The van der Waals surface area contributed by atoms with E-state index in [9.17, 15) is 14.4 Å². The van der Waals surface area contributed by atoms with Crippen LogP contribution in [0, 0.1) is 11.3 Å². The summed E-state index contributed by atoms with van der Waals surface area (Å²) in [5.74, 6) is -1.26. The van der Waals surface area contributed by atoms with Gasteiger partial charge in [0.15, 0.2) is 0 Å². The average molecular weight is 280 g/mol. The smallest absolute Gasteiger partial charge is 0.238 e. The van der Waals surface area contributed by atoms with E-state index in [4.69, 9.17) is 11.6 Å². The van der Waals surface area contributed by atoms with E-state index in [2.05, 4.69) is 0 Å². The van der Waals surface area contributed by atoms with Crippen LogP contribution < -0.4 is 4.90 Å². The molecule has 1 aliphatic heterocycles. The first-order valence-electron chi connectivity index (χ1n) is 5.95. The van der Waals surface area contributed by atoms with Crippen LogP contribution in [0.3, 0.4) is 0 Å². The molecule has 1 saturated heterocycles. The van der Waals surface area contributed by atoms with Gasteiger partial charge in [-0.15, -0.1) is 0 Å². The lowest BCUT2D eigenvalue weighted by Gasteiger charge is -2.23. The topological polar surface area (TPSA) is 54.5 Å². The molecule has 0 spiro atoms. The highest BCUT2D eigenvalue weighted by atomic mass is 35.5. The van der Waals surface area contributed by atoms with Gasteiger partial charge in [0.2, 0.25) is 11.8 Å². The van der Waals surface area contributed by atoms with Crippen LogP contribution >= 0.6 is 11.6 Å². The first-order chi connectivity index (χ1) is 8.86. The molecule has 1 fully saturated rings. The van der Waals surface area contributed by atoms with Crippen LogP contribution in [0.25, 0.3) is 0 Å². The molecule has 0 unspecified atom stereocenters. The van der Waals surface area contributed by atoms with Crippen molar-refractivity contribution in [2.75, 3.05) is 4.90 Å². The summed E-state index contributed by atoms with van der Waals surface area (Å²) in [6.45, 7) is 3.33. The molecule has 0 aromatic heterocycles. The fourth-order valence-corrected chi connectivity index (χ4v) is 2.37. The van der Waals surface area contributed by atoms with Gasteiger partial charge in [-0.1, -0.05) is 31.5 Å². The molecule has 2 amide bonds. The normalized spacial score (nSPS) is 19.9. The molecular formula is C14H14ClNO3. The van der Waals surface area contributed by atoms with Gasteiger partial charge in [0.25, 0.3) is 0 Å². The first kappa shape index (κ1) is 13.7. The largest absolute Gasteiger partial charge is 0.303 e. The number of nitrogens with zero attached hydrogens (tertiary/aromatic N) is 1. The van der Waals surface area contributed by atoms with E-state index >= 15 is 0 Å². The van der Waals surface area contributed by atoms with Crippen molar-refractivity contribution in [3.05, 3.63) is 29.3 Å². The van der Waals surface area contributed by atoms with Crippen LogP contribution in [0.4, 0.5) is 5.69 Å². The fourth-order valence-electron chi connectivity index (χ4n) is 2.18. The van der Waals surface area contributed by atoms with E-state index in [0.29, 0.717) is 10.7 Å². The van der Waals surface area contributed by atoms with E-state index in [1.54, 1.807) is 38.1 Å². The minimum absolute atomic E-state index is 0.0527. The second-order valence-corrected chi connectivity index (χ2v) is 5.68. The highest BCUT2D eigenvalue weighted by Crippen LogP contribution is 2.37. The monoisotopic (exact) mass is 279 g/mol. The molecule has 1 aromatic rings. The summed E-state index contributed by atoms with van der Waals surface area (Å²) in [4.78, 5) is 36.5. The molecule has 19 heavy (non-hydrogen) atoms. The highest BCUT2D eigenvalue weighted by molar-refractivity contribution is 6.31. The molecule has 0 aliphatic carbocycles. The molecule has 0 N–H and O–H groups in total. The predicted octanol–water partition coefficient (Wildman–Crippen LogP) is 2.44. The Kier molecular flexibility index (Phi) is 3.45. The summed E-state index contributed by atoms with van der Waals surface area (Å²) >= 11 is 5.87. The Morgan fingerprint density at radius 2 is 2.05 bits per heavy atom. The Hall–Kier alpha value is -1.68. The molecule has 1 aliphatic rings. The second-order valence-electron chi connectivity index (χ2n) is 5.24. The number of carbonyl (C=O) groups is 3. The number of hydrogen-bond acceptors (Lipinski definition) is 3. The van der Waals surface area contributed by atoms with Gasteiger partial charge in [0, 0.05) is 16.9 Å². The average Bonchev–Trinajstić information content (AvgIpc) is 2.65. The summed E-state index contributed by atoms with van der Waals surface area (Å²) in [6, 6.07) is 6.56. The zero-order valence-corrected chi connectivity index (χ0v) is 11.5. The summed E-state index contributed by atoms with van der Waals surface area (Å²) in [7, 11) is 0. The van der Waals surface area contributed by atoms with Crippen LogP contribution in [0.2, 0.25) is 5.02 Å². The van der Waals surface area contributed by atoms with E-state index in [-0.39, 0.29) is 18.2 Å². The third-order valence-corrected chi connectivity index (χ3v) is 3.65. The SMILES string of the molecule is CC(C)(C=O)[C@@H]1CC(=O)N(c2cccc(Cl)c2)C1=O. The van der Waals surface area contributed by atoms with Gasteiger partial charge in [0.05, 0.1) is 11.6 Å². The summed E-state index contributed by atoms with van der Waals surface area (Å²) < 4.78 is 0. The Labute approximate surface area is 116 Å². The number of rotatable bonds is 3. The van der Waals surface area contributed by atoms with Crippen LogP contribution in [0.5, 0.6) is 0 Å². The second kappa shape index (κ2) is 4.78. The number of aldehydes is 1. The maximum atomic E-state index is 12.3. The number of hydrogen-bond donors (Lipinski definition) is 0. The van der Waals surface area contributed by atoms with Crippen molar-refractivity contribution >= 4 is 35.4 Å². The molecule has 2 rings (SSSR count). The molecule has 0 radical (unpaired) electrons. The van der Waals surface area contributed by atoms with Gasteiger partial charge in [-0.3, -0.25) is 14.5 Å². The molecule has 5 heteroatoms. The fraction of sp³-hybridized carbons (Fsp3) is 0.357. The van der Waals surface area contributed by atoms with Crippen molar-refractivity contribution in [2.45, 2.75) is 20.3 Å². The number of benzene rings is 1. The van der Waals surface area contributed by atoms with E-state index in [0.717, 1.165) is 11.2 Å². The van der Waals surface area contributed by atoms with Crippen molar-refractivity contribution in [2.24, 2.45) is 11.3 Å². The molecule has 4 nitrogen and oxygen atoms in total. The molecule has 1 heterocycles. The molecular weight excluding hydrogens is 266 g/mol. The zero-order chi connectivity index (χ0) is 14.2. The number of imide groups is 1. The van der Waals surface area contributed by atoms with E-state index in [1.807, 2.05) is 0 Å². The molecule has 100 valence electrons. The first-order valence-corrected chi connectivity index (χ1v) is 6.33. The summed E-state index contributed by atoms with van der Waals surface area (Å²) in [5.41, 5.74) is -0.397. The predicted molar refractivity (Wildman–Crippen MR) is 71.9 cm³/mol. The maximum Gasteiger partial charge on any atom is 0.238 e. The van der Waals surface area contributed by atoms with Crippen LogP contribution in [-0.2, 0) is 14.4 Å². The van der Waals surface area contributed by atoms with Gasteiger partial charge < -0.3 is 4.79 Å². The van der Waals surface area contributed by atoms with Gasteiger partial charge >= 0.3 is 0 Å². The summed E-state index contributed by atoms with van der Waals surface area (Å²) in [6.07, 6.45) is 0.779. The van der Waals surface area contributed by atoms with Crippen molar-refractivity contribution in [1.29, 1.82) is 0 Å². The Morgan fingerprint density at radius 3 is 2.63 bits per heavy atom. The van der Waals surface area contributed by atoms with E-state index in [1.165, 1.54) is 0 Å². The third-order valence-electron chi connectivity index (χ3n) is 3.41. The lowest BCUT2D eigenvalue weighted by atomic mass is 9.79. The van der Waals surface area contributed by atoms with Crippen molar-refractivity contribution < 1.29 is 14.4 Å². The van der Waals surface area contributed by atoms with Gasteiger partial charge in [-0.2, -0.15) is 0 Å². The van der Waals surface area contributed by atoms with Crippen molar-refractivity contribution in [1.82, 2.24) is 0 Å². The van der Waals surface area contributed by atoms with E-state index < -0.39 is 11.3 Å². The van der Waals surface area contributed by atoms with Crippen LogP contribution in [0.15, 0.2) is 24.3 Å². The van der Waals surface area contributed by atoms with Crippen LogP contribution in [-0.4, -0.2) is 18.1 Å². The molecule has 1 atom stereocenters. The van der Waals surface area contributed by atoms with Gasteiger partial charge in [0.1, 0.15) is 6.29 Å². The number of carbonyl (C=O) groups excluding carboxylic acids is 3. The van der Waals surface area contributed by atoms with Crippen LogP contribution in [0.1, 0.15) is 20.3 Å². The lowest BCUT2D eigenvalue weighted by Crippen LogP contribution is -2.35. The Bertz CT molecular complexity index is 553. The quantitative estimate of drug-likeness (QED) is 0.631. The summed E-state index contributed by atoms with van der Waals surface area (Å²) in [5, 5.41) is 0.455. The number of anilines is 1. The molecule has 0 saturated carbocycles. The number of halogens is 1. The minimum Gasteiger partial charge on any atom is -0.303 e. The third kappa shape index (κ3) is 2.40. The molecule has 1 aromatic carbocycles. The lowest BCUT2D eigenvalue weighted by molar-refractivity contribution is -0.129. The standard InChI is InChI=1S/C14H14ClNO3/c1-14(2,8-17)11-7-12(18)16(13(11)19)10-5-3-4-9(15)6-10/h3-6,8,11H,7H2,1-2H3/t11-/m1/s1. The van der Waals surface area contributed by atoms with Crippen molar-refractivity contribution in [3.63, 3.8) is 0 Å². The maximum absolute atomic E-state index is 12.3. The van der Waals surface area contributed by atoms with Gasteiger partial charge in [-0.05, 0) is 18.2 Å². The zero-order valence-electron chi connectivity index (χ0n) is 10.7. The highest BCUT2D eigenvalue weighted by Gasteiger charge is 2.47. The van der Waals surface area contributed by atoms with Gasteiger partial charge in [-0.25, -0.2) is 0 Å². The Balaban J connectivity index is 2.37. The number of amides is 2. The Morgan fingerprint density at radius 1 is 1.37 bits per heavy atom. The van der Waals surface area contributed by atoms with Crippen molar-refractivity contribution in [3.8, 4) is 0 Å². The minimum atomic E-state index is -0.847.